The Kier molecular flexibility index (Phi) is 3.68. The molecular weight excluding hydrogens is 282 g/mol. The van der Waals surface area contributed by atoms with E-state index in [2.05, 4.69) is 9.97 Å². The standard InChI is InChI=1S/C12H13N3O2S2/c1-2-8-3-5-9(6-4-8)19(16,17)10-7-14-12(18)15-11(10)13/h3-7H,2H2,1H3,(H3,13,14,15,18). The van der Waals surface area contributed by atoms with Crippen molar-refractivity contribution in [2.75, 3.05) is 5.73 Å². The number of benzene rings is 1. The van der Waals surface area contributed by atoms with E-state index >= 15 is 0 Å². The molecule has 100 valence electrons. The van der Waals surface area contributed by atoms with Crippen molar-refractivity contribution in [3.63, 3.8) is 0 Å². The molecule has 7 heteroatoms. The summed E-state index contributed by atoms with van der Waals surface area (Å²) in [7, 11) is -3.68. The number of H-pyrrole nitrogens is 1. The van der Waals surface area contributed by atoms with Crippen LogP contribution in [-0.2, 0) is 16.3 Å². The fraction of sp³-hybridized carbons (Fsp3) is 0.167. The number of nitrogen functional groups attached to an aromatic ring is 1. The molecule has 0 unspecified atom stereocenters. The van der Waals surface area contributed by atoms with Crippen molar-refractivity contribution >= 4 is 27.9 Å². The molecule has 0 atom stereocenters. The summed E-state index contributed by atoms with van der Waals surface area (Å²) in [4.78, 5) is 6.42. The number of hydrogen-bond acceptors (Lipinski definition) is 5. The second kappa shape index (κ2) is 5.10. The van der Waals surface area contributed by atoms with Gasteiger partial charge in [-0.05, 0) is 36.3 Å². The molecule has 0 aliphatic rings. The van der Waals surface area contributed by atoms with Crippen molar-refractivity contribution in [1.29, 1.82) is 0 Å². The lowest BCUT2D eigenvalue weighted by atomic mass is 10.2. The highest BCUT2D eigenvalue weighted by molar-refractivity contribution is 7.91. The van der Waals surface area contributed by atoms with Crippen LogP contribution in [0, 0.1) is 4.77 Å². The lowest BCUT2D eigenvalue weighted by Crippen LogP contribution is -2.08. The number of nitrogens with zero attached hydrogens (tertiary/aromatic N) is 1. The van der Waals surface area contributed by atoms with E-state index in [0.29, 0.717) is 0 Å². The largest absolute Gasteiger partial charge is 0.384 e. The number of sulfone groups is 1. The van der Waals surface area contributed by atoms with Gasteiger partial charge in [0.25, 0.3) is 0 Å². The third-order valence-electron chi connectivity index (χ3n) is 2.74. The molecule has 0 saturated carbocycles. The van der Waals surface area contributed by atoms with E-state index in [-0.39, 0.29) is 20.4 Å². The molecule has 19 heavy (non-hydrogen) atoms. The summed E-state index contributed by atoms with van der Waals surface area (Å²) in [5.74, 6) is -0.000400. The Morgan fingerprint density at radius 1 is 1.32 bits per heavy atom. The van der Waals surface area contributed by atoms with Crippen LogP contribution in [0.25, 0.3) is 0 Å². The summed E-state index contributed by atoms with van der Waals surface area (Å²) < 4.78 is 24.9. The van der Waals surface area contributed by atoms with Crippen molar-refractivity contribution in [1.82, 2.24) is 9.97 Å². The van der Waals surface area contributed by atoms with Crippen LogP contribution in [-0.4, -0.2) is 18.4 Å². The Balaban J connectivity index is 2.55. The van der Waals surface area contributed by atoms with E-state index in [4.69, 9.17) is 18.0 Å². The molecule has 1 heterocycles. The highest BCUT2D eigenvalue weighted by atomic mass is 32.2. The van der Waals surface area contributed by atoms with Crippen molar-refractivity contribution in [3.05, 3.63) is 40.8 Å². The van der Waals surface area contributed by atoms with E-state index < -0.39 is 9.84 Å². The smallest absolute Gasteiger partial charge is 0.211 e. The maximum Gasteiger partial charge on any atom is 0.211 e. The zero-order chi connectivity index (χ0) is 14.0. The maximum atomic E-state index is 12.4. The zero-order valence-electron chi connectivity index (χ0n) is 10.3. The number of aromatic nitrogens is 2. The molecule has 0 amide bonds. The predicted molar refractivity (Wildman–Crippen MR) is 75.1 cm³/mol. The van der Waals surface area contributed by atoms with Gasteiger partial charge in [-0.15, -0.1) is 0 Å². The Bertz CT molecular complexity index is 749. The summed E-state index contributed by atoms with van der Waals surface area (Å²) in [6.07, 6.45) is 2.03. The van der Waals surface area contributed by atoms with Gasteiger partial charge in [0, 0.05) is 0 Å². The van der Waals surface area contributed by atoms with E-state index in [1.165, 1.54) is 6.20 Å². The van der Waals surface area contributed by atoms with Crippen LogP contribution in [0.1, 0.15) is 12.5 Å². The van der Waals surface area contributed by atoms with E-state index in [1.807, 2.05) is 6.92 Å². The van der Waals surface area contributed by atoms with E-state index in [0.717, 1.165) is 12.0 Å². The Labute approximate surface area is 116 Å². The van der Waals surface area contributed by atoms with E-state index in [9.17, 15) is 8.42 Å². The summed E-state index contributed by atoms with van der Waals surface area (Å²) in [6.45, 7) is 2.00. The van der Waals surface area contributed by atoms with Gasteiger partial charge in [-0.3, -0.25) is 0 Å². The molecule has 0 saturated heterocycles. The first-order valence-electron chi connectivity index (χ1n) is 5.64. The molecule has 0 aliphatic heterocycles. The Hall–Kier alpha value is -1.73. The van der Waals surface area contributed by atoms with Crippen LogP contribution < -0.4 is 5.73 Å². The fourth-order valence-corrected chi connectivity index (χ4v) is 3.08. The SMILES string of the molecule is CCc1ccc(S(=O)(=O)c2cnc(=S)[nH]c2N)cc1. The summed E-state index contributed by atoms with van der Waals surface area (Å²) in [5.41, 5.74) is 6.73. The first kappa shape index (κ1) is 13.7. The van der Waals surface area contributed by atoms with E-state index in [1.54, 1.807) is 24.3 Å². The minimum atomic E-state index is -3.68. The molecular formula is C12H13N3O2S2. The lowest BCUT2D eigenvalue weighted by molar-refractivity contribution is 0.595. The maximum absolute atomic E-state index is 12.4. The third kappa shape index (κ3) is 2.66. The number of nitrogens with one attached hydrogen (secondary N) is 1. The van der Waals surface area contributed by atoms with Crippen LogP contribution in [0.2, 0.25) is 0 Å². The van der Waals surface area contributed by atoms with Crippen LogP contribution in [0.4, 0.5) is 5.82 Å². The minimum absolute atomic E-state index is 0.000400. The van der Waals surface area contributed by atoms with Gasteiger partial charge in [0.05, 0.1) is 11.1 Å². The fourth-order valence-electron chi connectivity index (χ4n) is 1.64. The van der Waals surface area contributed by atoms with Crippen molar-refractivity contribution in [2.24, 2.45) is 0 Å². The first-order chi connectivity index (χ1) is 8.95. The number of aromatic amines is 1. The minimum Gasteiger partial charge on any atom is -0.384 e. The molecule has 2 rings (SSSR count). The first-order valence-corrected chi connectivity index (χ1v) is 7.53. The molecule has 1 aromatic heterocycles. The normalized spacial score (nSPS) is 11.4. The van der Waals surface area contributed by atoms with Crippen molar-refractivity contribution in [3.8, 4) is 0 Å². The molecule has 0 aliphatic carbocycles. The molecule has 3 N–H and O–H groups in total. The second-order valence-electron chi connectivity index (χ2n) is 3.97. The number of rotatable bonds is 3. The van der Waals surface area contributed by atoms with Crippen LogP contribution in [0.15, 0.2) is 40.3 Å². The summed E-state index contributed by atoms with van der Waals surface area (Å²) in [5, 5.41) is 0. The monoisotopic (exact) mass is 295 g/mol. The van der Waals surface area contributed by atoms with Gasteiger partial charge < -0.3 is 10.7 Å². The highest BCUT2D eigenvalue weighted by Gasteiger charge is 2.21. The molecule has 5 nitrogen and oxygen atoms in total. The number of aryl methyl sites for hydroxylation is 1. The zero-order valence-corrected chi connectivity index (χ0v) is 11.9. The number of anilines is 1. The average Bonchev–Trinajstić information content (AvgIpc) is 2.38. The summed E-state index contributed by atoms with van der Waals surface area (Å²) >= 11 is 4.79. The third-order valence-corrected chi connectivity index (χ3v) is 4.74. The summed E-state index contributed by atoms with van der Waals surface area (Å²) in [6, 6.07) is 6.69. The van der Waals surface area contributed by atoms with Gasteiger partial charge >= 0.3 is 0 Å². The van der Waals surface area contributed by atoms with Crippen molar-refractivity contribution < 1.29 is 8.42 Å². The molecule has 0 bridgehead atoms. The van der Waals surface area contributed by atoms with Crippen LogP contribution >= 0.6 is 12.2 Å². The average molecular weight is 295 g/mol. The van der Waals surface area contributed by atoms with Gasteiger partial charge in [-0.1, -0.05) is 19.1 Å². The van der Waals surface area contributed by atoms with Gasteiger partial charge in [0.2, 0.25) is 9.84 Å². The number of hydrogen-bond donors (Lipinski definition) is 2. The molecule has 0 fully saturated rings. The van der Waals surface area contributed by atoms with Crippen molar-refractivity contribution in [2.45, 2.75) is 23.1 Å². The van der Waals surface area contributed by atoms with Crippen LogP contribution in [0.3, 0.4) is 0 Å². The highest BCUT2D eigenvalue weighted by Crippen LogP contribution is 2.23. The molecule has 1 aromatic carbocycles. The molecule has 0 spiro atoms. The van der Waals surface area contributed by atoms with Crippen LogP contribution in [0.5, 0.6) is 0 Å². The van der Waals surface area contributed by atoms with Gasteiger partial charge in [0.15, 0.2) is 4.77 Å². The topological polar surface area (TPSA) is 88.8 Å². The molecule has 0 radical (unpaired) electrons. The lowest BCUT2D eigenvalue weighted by Gasteiger charge is -2.07. The Morgan fingerprint density at radius 3 is 2.47 bits per heavy atom. The predicted octanol–water partition coefficient (Wildman–Crippen LogP) is 2.12. The molecule has 2 aromatic rings. The Morgan fingerprint density at radius 2 is 1.95 bits per heavy atom. The van der Waals surface area contributed by atoms with Gasteiger partial charge in [-0.25, -0.2) is 13.4 Å². The second-order valence-corrected chi connectivity index (χ2v) is 6.27. The van der Waals surface area contributed by atoms with Gasteiger partial charge in [-0.2, -0.15) is 0 Å². The quantitative estimate of drug-likeness (QED) is 0.847. The number of nitrogens with two attached hydrogens (primary N) is 1. The van der Waals surface area contributed by atoms with Gasteiger partial charge in [0.1, 0.15) is 10.7 Å².